The van der Waals surface area contributed by atoms with Crippen LogP contribution in [0.1, 0.15) is 41.4 Å². The highest BCUT2D eigenvalue weighted by molar-refractivity contribution is 6.42. The third-order valence-corrected chi connectivity index (χ3v) is 7.14. The second-order valence-corrected chi connectivity index (χ2v) is 9.78. The minimum Gasteiger partial charge on any atom is -0.378 e. The number of rotatable bonds is 4. The molecule has 188 valence electrons. The molecule has 8 nitrogen and oxygen atoms in total. The average molecular weight is 505 g/mol. The van der Waals surface area contributed by atoms with Gasteiger partial charge in [0.15, 0.2) is 0 Å². The second kappa shape index (κ2) is 8.27. The average Bonchev–Trinajstić information content (AvgIpc) is 2.91. The van der Waals surface area contributed by atoms with E-state index in [4.69, 9.17) is 0 Å². The Bertz CT molecular complexity index is 1490. The van der Waals surface area contributed by atoms with Crippen molar-refractivity contribution in [2.45, 2.75) is 0 Å². The molecule has 0 saturated carbocycles. The monoisotopic (exact) mass is 504 g/mol. The lowest BCUT2D eigenvalue weighted by molar-refractivity contribution is 0.0873. The van der Waals surface area contributed by atoms with E-state index in [1.807, 2.05) is 62.3 Å². The maximum absolute atomic E-state index is 13.6. The molecule has 6 rings (SSSR count). The summed E-state index contributed by atoms with van der Waals surface area (Å²) >= 11 is 0. The van der Waals surface area contributed by atoms with E-state index in [0.717, 1.165) is 21.2 Å². The van der Waals surface area contributed by atoms with Crippen LogP contribution in [-0.4, -0.2) is 51.8 Å². The number of benzene rings is 4. The molecule has 0 bridgehead atoms. The second-order valence-electron chi connectivity index (χ2n) is 9.78. The summed E-state index contributed by atoms with van der Waals surface area (Å²) < 4.78 is 0. The summed E-state index contributed by atoms with van der Waals surface area (Å²) in [6.07, 6.45) is 0. The first kappa shape index (κ1) is 23.4. The molecular formula is C30H24N4O4. The Kier molecular flexibility index (Phi) is 5.10. The first-order valence-corrected chi connectivity index (χ1v) is 12.1. The Morgan fingerprint density at radius 1 is 0.421 bits per heavy atom. The SMILES string of the molecule is CN(C)c1ccc(N2C(=O)c3ccc4c5c(ccc(c35)C2=O)C(=O)N(c2ccc(N(C)C)cc2)C4=O)cc1. The minimum absolute atomic E-state index is 0.279. The van der Waals surface area contributed by atoms with E-state index in [2.05, 4.69) is 0 Å². The largest absolute Gasteiger partial charge is 0.378 e. The molecule has 0 fully saturated rings. The first-order chi connectivity index (χ1) is 18.2. The van der Waals surface area contributed by atoms with Crippen LogP contribution in [0.15, 0.2) is 72.8 Å². The van der Waals surface area contributed by atoms with Gasteiger partial charge in [-0.05, 0) is 72.8 Å². The van der Waals surface area contributed by atoms with Gasteiger partial charge in [0.1, 0.15) is 0 Å². The Hall–Kier alpha value is -4.98. The van der Waals surface area contributed by atoms with Crippen LogP contribution in [-0.2, 0) is 0 Å². The molecule has 0 aliphatic carbocycles. The van der Waals surface area contributed by atoms with Crippen molar-refractivity contribution >= 4 is 57.2 Å². The van der Waals surface area contributed by atoms with Gasteiger partial charge in [0.2, 0.25) is 0 Å². The number of carbonyl (C=O) groups is 4. The Balaban J connectivity index is 1.47. The molecule has 38 heavy (non-hydrogen) atoms. The van der Waals surface area contributed by atoms with Gasteiger partial charge in [-0.25, -0.2) is 9.80 Å². The number of anilines is 4. The van der Waals surface area contributed by atoms with Crippen LogP contribution in [0.25, 0.3) is 10.8 Å². The molecule has 0 N–H and O–H groups in total. The van der Waals surface area contributed by atoms with Crippen molar-refractivity contribution in [2.75, 3.05) is 47.8 Å². The minimum atomic E-state index is -0.495. The predicted octanol–water partition coefficient (Wildman–Crippen LogP) is 4.57. The molecule has 0 radical (unpaired) electrons. The van der Waals surface area contributed by atoms with Gasteiger partial charge in [0.25, 0.3) is 23.6 Å². The van der Waals surface area contributed by atoms with Crippen LogP contribution < -0.4 is 19.6 Å². The zero-order valence-electron chi connectivity index (χ0n) is 21.4. The highest BCUT2D eigenvalue weighted by Crippen LogP contribution is 2.40. The van der Waals surface area contributed by atoms with Gasteiger partial charge < -0.3 is 9.80 Å². The lowest BCUT2D eigenvalue weighted by atomic mass is 9.85. The molecule has 2 aliphatic rings. The van der Waals surface area contributed by atoms with E-state index in [0.29, 0.717) is 22.1 Å². The molecule has 0 saturated heterocycles. The third kappa shape index (κ3) is 3.23. The fourth-order valence-electron chi connectivity index (χ4n) is 5.14. The quantitative estimate of drug-likeness (QED) is 0.379. The van der Waals surface area contributed by atoms with Crippen molar-refractivity contribution in [1.29, 1.82) is 0 Å². The van der Waals surface area contributed by atoms with Crippen LogP contribution in [0.3, 0.4) is 0 Å². The Morgan fingerprint density at radius 3 is 0.921 bits per heavy atom. The van der Waals surface area contributed by atoms with Crippen LogP contribution in [0.5, 0.6) is 0 Å². The summed E-state index contributed by atoms with van der Waals surface area (Å²) in [5.74, 6) is -1.98. The van der Waals surface area contributed by atoms with Crippen molar-refractivity contribution in [3.63, 3.8) is 0 Å². The highest BCUT2D eigenvalue weighted by Gasteiger charge is 2.40. The molecule has 2 heterocycles. The van der Waals surface area contributed by atoms with Gasteiger partial charge in [-0.3, -0.25) is 19.2 Å². The van der Waals surface area contributed by atoms with Crippen molar-refractivity contribution in [3.8, 4) is 0 Å². The molecule has 0 atom stereocenters. The number of nitrogens with zero attached hydrogens (tertiary/aromatic N) is 4. The fraction of sp³-hybridized carbons (Fsp3) is 0.133. The van der Waals surface area contributed by atoms with Gasteiger partial charge in [0, 0.05) is 72.6 Å². The topological polar surface area (TPSA) is 81.2 Å². The normalized spacial score (nSPS) is 14.4. The zero-order valence-corrected chi connectivity index (χ0v) is 21.4. The van der Waals surface area contributed by atoms with E-state index in [1.54, 1.807) is 48.5 Å². The van der Waals surface area contributed by atoms with Crippen molar-refractivity contribution in [2.24, 2.45) is 0 Å². The van der Waals surface area contributed by atoms with Crippen LogP contribution >= 0.6 is 0 Å². The molecule has 4 aromatic carbocycles. The summed E-state index contributed by atoms with van der Waals surface area (Å²) in [4.78, 5) is 60.6. The van der Waals surface area contributed by atoms with Crippen LogP contribution in [0, 0.1) is 0 Å². The fourth-order valence-corrected chi connectivity index (χ4v) is 5.14. The molecular weight excluding hydrogens is 480 g/mol. The standard InChI is InChI=1S/C30H24N4O4/c1-31(2)17-5-9-19(10-6-17)33-27(35)21-13-15-23-26-24(16-14-22(25(21)26)28(33)36)30(38)34(29(23)37)20-11-7-18(8-12-20)32(3)4/h5-16H,1-4H3. The summed E-state index contributed by atoms with van der Waals surface area (Å²) in [5, 5.41) is 0.695. The first-order valence-electron chi connectivity index (χ1n) is 12.1. The maximum atomic E-state index is 13.6. The molecule has 2 aliphatic heterocycles. The molecule has 4 aromatic rings. The summed E-state index contributed by atoms with van der Waals surface area (Å²) in [6, 6.07) is 20.5. The number of amides is 4. The number of imide groups is 2. The van der Waals surface area contributed by atoms with Gasteiger partial charge >= 0.3 is 0 Å². The number of carbonyl (C=O) groups excluding carboxylic acids is 4. The number of hydrogen-bond acceptors (Lipinski definition) is 6. The highest BCUT2D eigenvalue weighted by atomic mass is 16.2. The summed E-state index contributed by atoms with van der Waals surface area (Å²) in [5.41, 5.74) is 3.88. The smallest absolute Gasteiger partial charge is 0.265 e. The molecule has 4 amide bonds. The molecule has 8 heteroatoms. The van der Waals surface area contributed by atoms with Crippen LogP contribution in [0.4, 0.5) is 22.7 Å². The maximum Gasteiger partial charge on any atom is 0.265 e. The molecule has 0 aromatic heterocycles. The van der Waals surface area contributed by atoms with Crippen LogP contribution in [0.2, 0.25) is 0 Å². The van der Waals surface area contributed by atoms with E-state index in [-0.39, 0.29) is 22.3 Å². The van der Waals surface area contributed by atoms with Gasteiger partial charge in [-0.2, -0.15) is 0 Å². The van der Waals surface area contributed by atoms with Gasteiger partial charge in [-0.15, -0.1) is 0 Å². The van der Waals surface area contributed by atoms with Crippen molar-refractivity contribution in [3.05, 3.63) is 95.1 Å². The summed E-state index contributed by atoms with van der Waals surface area (Å²) in [7, 11) is 7.63. The van der Waals surface area contributed by atoms with E-state index < -0.39 is 23.6 Å². The predicted molar refractivity (Wildman–Crippen MR) is 148 cm³/mol. The summed E-state index contributed by atoms with van der Waals surface area (Å²) in [6.45, 7) is 0. The van der Waals surface area contributed by atoms with E-state index in [1.165, 1.54) is 0 Å². The lowest BCUT2D eigenvalue weighted by Crippen LogP contribution is -2.43. The Morgan fingerprint density at radius 2 is 0.684 bits per heavy atom. The third-order valence-electron chi connectivity index (χ3n) is 7.14. The van der Waals surface area contributed by atoms with Crippen molar-refractivity contribution in [1.82, 2.24) is 0 Å². The van der Waals surface area contributed by atoms with Gasteiger partial charge in [-0.1, -0.05) is 0 Å². The lowest BCUT2D eigenvalue weighted by Gasteiger charge is -2.32. The molecule has 0 spiro atoms. The van der Waals surface area contributed by atoms with Gasteiger partial charge in [0.05, 0.1) is 11.4 Å². The van der Waals surface area contributed by atoms with E-state index >= 15 is 0 Å². The number of hydrogen-bond donors (Lipinski definition) is 0. The van der Waals surface area contributed by atoms with Crippen molar-refractivity contribution < 1.29 is 19.2 Å². The van der Waals surface area contributed by atoms with E-state index in [9.17, 15) is 19.2 Å². The molecule has 0 unspecified atom stereocenters. The Labute approximate surface area is 219 Å². The zero-order chi connectivity index (χ0) is 26.9.